The number of hydrogen-bond acceptors (Lipinski definition) is 2. The standard InChI is InChI=1S/C8H20N2/c1-7(2)10(4)6-5-8(3)9/h7-8H,5-6,9H2,1-4H3/t8-/m0/s1. The summed E-state index contributed by atoms with van der Waals surface area (Å²) >= 11 is 0. The maximum Gasteiger partial charge on any atom is 0.00355 e. The first-order chi connectivity index (χ1) is 4.54. The molecule has 0 unspecified atom stereocenters. The van der Waals surface area contributed by atoms with E-state index in [4.69, 9.17) is 5.73 Å². The Labute approximate surface area is 64.4 Å². The van der Waals surface area contributed by atoms with Crippen LogP contribution in [0.15, 0.2) is 0 Å². The van der Waals surface area contributed by atoms with Crippen molar-refractivity contribution in [1.29, 1.82) is 0 Å². The lowest BCUT2D eigenvalue weighted by Crippen LogP contribution is -2.30. The summed E-state index contributed by atoms with van der Waals surface area (Å²) in [6.45, 7) is 7.55. The maximum absolute atomic E-state index is 5.61. The summed E-state index contributed by atoms with van der Waals surface area (Å²) in [4.78, 5) is 2.31. The van der Waals surface area contributed by atoms with Gasteiger partial charge in [0.05, 0.1) is 0 Å². The highest BCUT2D eigenvalue weighted by molar-refractivity contribution is 4.60. The van der Waals surface area contributed by atoms with Crippen LogP contribution in [0.4, 0.5) is 0 Å². The molecule has 2 heteroatoms. The lowest BCUT2D eigenvalue weighted by Gasteiger charge is -2.21. The highest BCUT2D eigenvalue weighted by Gasteiger charge is 2.02. The van der Waals surface area contributed by atoms with E-state index in [1.807, 2.05) is 6.92 Å². The molecule has 0 aromatic heterocycles. The highest BCUT2D eigenvalue weighted by Crippen LogP contribution is 1.96. The summed E-state index contributed by atoms with van der Waals surface area (Å²) in [5, 5.41) is 0. The molecule has 0 rings (SSSR count). The number of hydrogen-bond donors (Lipinski definition) is 1. The van der Waals surface area contributed by atoms with Crippen molar-refractivity contribution >= 4 is 0 Å². The lowest BCUT2D eigenvalue weighted by molar-refractivity contribution is 0.265. The van der Waals surface area contributed by atoms with Crippen molar-refractivity contribution in [2.24, 2.45) is 5.73 Å². The molecule has 0 saturated carbocycles. The van der Waals surface area contributed by atoms with Gasteiger partial charge in [-0.05, 0) is 40.8 Å². The van der Waals surface area contributed by atoms with Gasteiger partial charge in [-0.2, -0.15) is 0 Å². The molecule has 0 aliphatic heterocycles. The zero-order chi connectivity index (χ0) is 8.15. The number of nitrogens with two attached hydrogens (primary N) is 1. The molecule has 0 amide bonds. The molecule has 0 bridgehead atoms. The Kier molecular flexibility index (Phi) is 4.65. The Morgan fingerprint density at radius 2 is 1.80 bits per heavy atom. The van der Waals surface area contributed by atoms with Crippen molar-refractivity contribution in [2.75, 3.05) is 13.6 Å². The molecular formula is C8H20N2. The average molecular weight is 144 g/mol. The van der Waals surface area contributed by atoms with E-state index in [1.165, 1.54) is 0 Å². The van der Waals surface area contributed by atoms with Crippen molar-refractivity contribution in [2.45, 2.75) is 39.3 Å². The van der Waals surface area contributed by atoms with Gasteiger partial charge in [-0.25, -0.2) is 0 Å². The van der Waals surface area contributed by atoms with Crippen LogP contribution in [0.3, 0.4) is 0 Å². The van der Waals surface area contributed by atoms with E-state index in [-0.39, 0.29) is 0 Å². The summed E-state index contributed by atoms with van der Waals surface area (Å²) in [5.74, 6) is 0. The second-order valence-electron chi connectivity index (χ2n) is 3.34. The van der Waals surface area contributed by atoms with Gasteiger partial charge in [0.15, 0.2) is 0 Å². The van der Waals surface area contributed by atoms with Crippen LogP contribution in [0, 0.1) is 0 Å². The second-order valence-corrected chi connectivity index (χ2v) is 3.34. The van der Waals surface area contributed by atoms with E-state index < -0.39 is 0 Å². The van der Waals surface area contributed by atoms with Crippen LogP contribution in [0.1, 0.15) is 27.2 Å². The number of rotatable bonds is 4. The molecule has 1 atom stereocenters. The van der Waals surface area contributed by atoms with E-state index in [0.717, 1.165) is 13.0 Å². The molecule has 0 fully saturated rings. The summed E-state index contributed by atoms with van der Waals surface area (Å²) in [5.41, 5.74) is 5.61. The molecule has 0 radical (unpaired) electrons. The molecule has 2 nitrogen and oxygen atoms in total. The Bertz CT molecular complexity index is 79.3. The van der Waals surface area contributed by atoms with Crippen molar-refractivity contribution in [3.05, 3.63) is 0 Å². The van der Waals surface area contributed by atoms with Gasteiger partial charge < -0.3 is 10.6 Å². The Hall–Kier alpha value is -0.0800. The van der Waals surface area contributed by atoms with Gasteiger partial charge in [0.2, 0.25) is 0 Å². The average Bonchev–Trinajstić information content (AvgIpc) is 1.82. The van der Waals surface area contributed by atoms with E-state index in [0.29, 0.717) is 12.1 Å². The van der Waals surface area contributed by atoms with Gasteiger partial charge in [0.25, 0.3) is 0 Å². The van der Waals surface area contributed by atoms with E-state index in [2.05, 4.69) is 25.8 Å². The molecule has 0 aromatic carbocycles. The molecular weight excluding hydrogens is 124 g/mol. The fraction of sp³-hybridized carbons (Fsp3) is 1.00. The predicted molar refractivity (Wildman–Crippen MR) is 46.0 cm³/mol. The Balaban J connectivity index is 3.30. The molecule has 62 valence electrons. The van der Waals surface area contributed by atoms with Gasteiger partial charge in [-0.15, -0.1) is 0 Å². The van der Waals surface area contributed by atoms with Crippen LogP contribution in [-0.2, 0) is 0 Å². The minimum absolute atomic E-state index is 0.334. The third-order valence-corrected chi connectivity index (χ3v) is 1.82. The van der Waals surface area contributed by atoms with Crippen molar-refractivity contribution in [3.63, 3.8) is 0 Å². The summed E-state index contributed by atoms with van der Waals surface area (Å²) < 4.78 is 0. The predicted octanol–water partition coefficient (Wildman–Crippen LogP) is 1.06. The van der Waals surface area contributed by atoms with Gasteiger partial charge in [0.1, 0.15) is 0 Å². The van der Waals surface area contributed by atoms with E-state index >= 15 is 0 Å². The molecule has 10 heavy (non-hydrogen) atoms. The van der Waals surface area contributed by atoms with Crippen LogP contribution in [-0.4, -0.2) is 30.6 Å². The third kappa shape index (κ3) is 4.77. The largest absolute Gasteiger partial charge is 0.328 e. The first-order valence-electron chi connectivity index (χ1n) is 4.00. The zero-order valence-corrected chi connectivity index (χ0v) is 7.59. The van der Waals surface area contributed by atoms with Gasteiger partial charge in [-0.1, -0.05) is 0 Å². The third-order valence-electron chi connectivity index (χ3n) is 1.82. The molecule has 0 spiro atoms. The minimum Gasteiger partial charge on any atom is -0.328 e. The monoisotopic (exact) mass is 144 g/mol. The first kappa shape index (κ1) is 9.92. The maximum atomic E-state index is 5.61. The van der Waals surface area contributed by atoms with Crippen molar-refractivity contribution in [1.82, 2.24) is 4.90 Å². The minimum atomic E-state index is 0.334. The number of nitrogens with zero attached hydrogens (tertiary/aromatic N) is 1. The van der Waals surface area contributed by atoms with Gasteiger partial charge >= 0.3 is 0 Å². The molecule has 0 aliphatic rings. The van der Waals surface area contributed by atoms with Gasteiger partial charge in [-0.3, -0.25) is 0 Å². The van der Waals surface area contributed by atoms with Crippen LogP contribution >= 0.6 is 0 Å². The smallest absolute Gasteiger partial charge is 0.00355 e. The summed E-state index contributed by atoms with van der Waals surface area (Å²) in [7, 11) is 2.13. The van der Waals surface area contributed by atoms with Crippen molar-refractivity contribution in [3.8, 4) is 0 Å². The SMILES string of the molecule is CC(C)N(C)CC[C@H](C)N. The van der Waals surface area contributed by atoms with Crippen molar-refractivity contribution < 1.29 is 0 Å². The molecule has 0 heterocycles. The topological polar surface area (TPSA) is 29.3 Å². The quantitative estimate of drug-likeness (QED) is 0.639. The van der Waals surface area contributed by atoms with E-state index in [1.54, 1.807) is 0 Å². The molecule has 2 N–H and O–H groups in total. The highest BCUT2D eigenvalue weighted by atomic mass is 15.1. The summed E-state index contributed by atoms with van der Waals surface area (Å²) in [6.07, 6.45) is 1.09. The van der Waals surface area contributed by atoms with Crippen LogP contribution < -0.4 is 5.73 Å². The van der Waals surface area contributed by atoms with Crippen LogP contribution in [0.5, 0.6) is 0 Å². The summed E-state index contributed by atoms with van der Waals surface area (Å²) in [6, 6.07) is 0.972. The normalized spacial score (nSPS) is 14.7. The lowest BCUT2D eigenvalue weighted by atomic mass is 10.2. The fourth-order valence-electron chi connectivity index (χ4n) is 0.665. The second kappa shape index (κ2) is 4.69. The van der Waals surface area contributed by atoms with Crippen LogP contribution in [0.2, 0.25) is 0 Å². The molecule has 0 aromatic rings. The first-order valence-corrected chi connectivity index (χ1v) is 4.00. The molecule has 0 aliphatic carbocycles. The van der Waals surface area contributed by atoms with Crippen LogP contribution in [0.25, 0.3) is 0 Å². The van der Waals surface area contributed by atoms with Gasteiger partial charge in [0, 0.05) is 12.1 Å². The Morgan fingerprint density at radius 1 is 1.30 bits per heavy atom. The van der Waals surface area contributed by atoms with E-state index in [9.17, 15) is 0 Å². The Morgan fingerprint density at radius 3 is 2.10 bits per heavy atom. The molecule has 0 saturated heterocycles. The fourth-order valence-corrected chi connectivity index (χ4v) is 0.665. The zero-order valence-electron chi connectivity index (χ0n) is 7.59.